The van der Waals surface area contributed by atoms with E-state index >= 15 is 0 Å². The number of rotatable bonds is 4. The zero-order valence-corrected chi connectivity index (χ0v) is 29.7. The number of nitrogens with zero attached hydrogens (tertiary/aromatic N) is 10. The van der Waals surface area contributed by atoms with Gasteiger partial charge in [-0.15, -0.1) is 0 Å². The summed E-state index contributed by atoms with van der Waals surface area (Å²) in [5.41, 5.74) is 1.12. The fourth-order valence-electron chi connectivity index (χ4n) is 7.57. The second-order valence-corrected chi connectivity index (χ2v) is 12.7. The Hall–Kier alpha value is -10.0. The molecule has 0 amide bonds. The summed E-state index contributed by atoms with van der Waals surface area (Å²) in [6.07, 6.45) is 0. The smallest absolute Gasteiger partial charge is 0.101 e. The summed E-state index contributed by atoms with van der Waals surface area (Å²) in [7, 11) is 0. The van der Waals surface area contributed by atoms with Crippen molar-refractivity contribution in [1.82, 2.24) is 0 Å². The molecule has 5 aromatic rings. The zero-order chi connectivity index (χ0) is 41.1. The predicted molar refractivity (Wildman–Crippen MR) is 210 cm³/mol. The molecule has 0 saturated carbocycles. The van der Waals surface area contributed by atoms with Crippen molar-refractivity contribution in [1.29, 1.82) is 52.6 Å². The summed E-state index contributed by atoms with van der Waals surface area (Å²) in [4.78, 5) is 0. The van der Waals surface area contributed by atoms with Crippen LogP contribution in [-0.2, 0) is 0 Å². The van der Waals surface area contributed by atoms with E-state index in [-0.39, 0.29) is 111 Å². The first kappa shape index (κ1) is 36.3. The second-order valence-electron chi connectivity index (χ2n) is 12.7. The van der Waals surface area contributed by atoms with Crippen LogP contribution >= 0.6 is 0 Å². The van der Waals surface area contributed by atoms with Crippen molar-refractivity contribution >= 4 is 44.6 Å². The number of hydrogen-bond donors (Lipinski definition) is 0. The van der Waals surface area contributed by atoms with Crippen molar-refractivity contribution in [2.75, 3.05) is 0 Å². The highest BCUT2D eigenvalue weighted by Gasteiger charge is 2.43. The Kier molecular flexibility index (Phi) is 9.25. The van der Waals surface area contributed by atoms with E-state index in [2.05, 4.69) is 36.4 Å². The van der Waals surface area contributed by atoms with E-state index in [4.69, 9.17) is 0 Å². The third-order valence-corrected chi connectivity index (χ3v) is 9.76. The first-order chi connectivity index (χ1) is 28.4. The Morgan fingerprint density at radius 2 is 0.672 bits per heavy atom. The molecule has 58 heavy (non-hydrogen) atoms. The lowest BCUT2D eigenvalue weighted by atomic mass is 9.81. The molecule has 5 aromatic carbocycles. The molecule has 0 heterocycles. The number of benzene rings is 5. The third kappa shape index (κ3) is 5.50. The fraction of sp³-hybridized carbons (Fsp3) is 0. The van der Waals surface area contributed by atoms with Gasteiger partial charge in [0, 0.05) is 44.5 Å². The fourth-order valence-corrected chi connectivity index (χ4v) is 7.57. The van der Waals surface area contributed by atoms with E-state index in [1.165, 1.54) is 36.4 Å². The van der Waals surface area contributed by atoms with Crippen molar-refractivity contribution < 1.29 is 0 Å². The summed E-state index contributed by atoms with van der Waals surface area (Å²) in [6, 6.07) is 46.6. The molecule has 0 aromatic heterocycles. The highest BCUT2D eigenvalue weighted by atomic mass is 14.5. The average Bonchev–Trinajstić information content (AvgIpc) is 3.79. The van der Waals surface area contributed by atoms with Gasteiger partial charge in [-0.25, -0.2) is 0 Å². The molecule has 0 radical (unpaired) electrons. The summed E-state index contributed by atoms with van der Waals surface area (Å²) >= 11 is 0. The maximum Gasteiger partial charge on any atom is 0.101 e. The van der Waals surface area contributed by atoms with E-state index in [1.54, 1.807) is 60.7 Å². The molecule has 258 valence electrons. The van der Waals surface area contributed by atoms with Crippen molar-refractivity contribution in [3.05, 3.63) is 175 Å². The van der Waals surface area contributed by atoms with Crippen LogP contribution in [0.4, 0.5) is 0 Å². The lowest BCUT2D eigenvalue weighted by Gasteiger charge is -2.18. The number of fused-ring (bicyclic) bond motifs is 2. The SMILES string of the molecule is N#CC1=C(c2ccccc2)/C(=C(/C#N)c2cc(C#N)cc(C#N)c2)c2c(C#N)c3c(c(C#N)c21)/C(=C(\C#N)c1cc(C#N)cc(C#N)c1)C(c1ccccc1)=C3C#N. The summed E-state index contributed by atoms with van der Waals surface area (Å²) in [5, 5.41) is 106. The molecule has 0 bridgehead atoms. The highest BCUT2D eigenvalue weighted by Crippen LogP contribution is 2.59. The molecule has 0 fully saturated rings. The average molecular weight is 733 g/mol. The van der Waals surface area contributed by atoms with Gasteiger partial charge in [-0.2, -0.15) is 52.6 Å². The van der Waals surface area contributed by atoms with Crippen molar-refractivity contribution in [2.24, 2.45) is 0 Å². The maximum atomic E-state index is 11.2. The van der Waals surface area contributed by atoms with Crippen LogP contribution in [0.25, 0.3) is 44.6 Å². The lowest BCUT2D eigenvalue weighted by molar-refractivity contribution is 1.38. The summed E-state index contributed by atoms with van der Waals surface area (Å²) in [5.74, 6) is 0. The van der Waals surface area contributed by atoms with E-state index in [0.717, 1.165) is 0 Å². The maximum absolute atomic E-state index is 11.2. The molecule has 7 rings (SSSR count). The quantitative estimate of drug-likeness (QED) is 0.159. The predicted octanol–water partition coefficient (Wildman–Crippen LogP) is 8.68. The molecule has 2 aliphatic rings. The van der Waals surface area contributed by atoms with E-state index in [0.29, 0.717) is 11.1 Å². The Morgan fingerprint density at radius 1 is 0.345 bits per heavy atom. The van der Waals surface area contributed by atoms with Gasteiger partial charge in [-0.05, 0) is 58.7 Å². The number of allylic oxidation sites excluding steroid dienone is 8. The third-order valence-electron chi connectivity index (χ3n) is 9.76. The largest absolute Gasteiger partial charge is 0.192 e. The van der Waals surface area contributed by atoms with Gasteiger partial charge < -0.3 is 0 Å². The minimum atomic E-state index is -0.178. The van der Waals surface area contributed by atoms with Crippen LogP contribution in [0.5, 0.6) is 0 Å². The Bertz CT molecular complexity index is 3020. The first-order valence-corrected chi connectivity index (χ1v) is 17.0. The first-order valence-electron chi connectivity index (χ1n) is 17.0. The van der Waals surface area contributed by atoms with Gasteiger partial charge in [-0.1, -0.05) is 60.7 Å². The second kappa shape index (κ2) is 14.8. The molecule has 0 aliphatic heterocycles. The Balaban J connectivity index is 1.79. The topological polar surface area (TPSA) is 238 Å². The van der Waals surface area contributed by atoms with E-state index in [9.17, 15) is 52.6 Å². The Morgan fingerprint density at radius 3 is 0.931 bits per heavy atom. The molecule has 0 atom stereocenters. The van der Waals surface area contributed by atoms with Crippen molar-refractivity contribution in [2.45, 2.75) is 0 Å². The van der Waals surface area contributed by atoms with Crippen LogP contribution < -0.4 is 0 Å². The molecular formula is C48H16N10. The van der Waals surface area contributed by atoms with Gasteiger partial charge in [0.1, 0.15) is 36.4 Å². The number of hydrogen-bond acceptors (Lipinski definition) is 10. The van der Waals surface area contributed by atoms with Gasteiger partial charge in [0.2, 0.25) is 0 Å². The van der Waals surface area contributed by atoms with Crippen LogP contribution in [0.2, 0.25) is 0 Å². The lowest BCUT2D eigenvalue weighted by Crippen LogP contribution is -2.05. The molecule has 10 heteroatoms. The van der Waals surface area contributed by atoms with Crippen LogP contribution in [0.15, 0.2) is 97.1 Å². The number of nitriles is 10. The summed E-state index contributed by atoms with van der Waals surface area (Å²) < 4.78 is 0. The molecule has 2 aliphatic carbocycles. The minimum Gasteiger partial charge on any atom is -0.192 e. The van der Waals surface area contributed by atoms with E-state index < -0.39 is 0 Å². The van der Waals surface area contributed by atoms with Gasteiger partial charge in [-0.3, -0.25) is 0 Å². The van der Waals surface area contributed by atoms with Crippen LogP contribution in [-0.4, -0.2) is 0 Å². The van der Waals surface area contributed by atoms with Crippen LogP contribution in [0.3, 0.4) is 0 Å². The zero-order valence-electron chi connectivity index (χ0n) is 29.7. The minimum absolute atomic E-state index is 0.00350. The standard InChI is InChI=1S/C48H16N10/c49-17-27-11-28(18-50)14-33(13-27)35(21-53)45-41(31-7-3-1-4-8-31)37(23-55)43-39(25-57)48-44(40(26-58)47(43)45)38(24-56)42(32-9-5-2-6-10-32)46(48)36(22-54)34-15-29(19-51)12-30(16-34)20-52/h1-16H/b45-35+,46-36+. The van der Waals surface area contributed by atoms with Gasteiger partial charge in [0.05, 0.1) is 80.0 Å². The monoisotopic (exact) mass is 732 g/mol. The van der Waals surface area contributed by atoms with E-state index in [1.807, 2.05) is 24.3 Å². The molecule has 10 nitrogen and oxygen atoms in total. The molecule has 0 spiro atoms. The molecule has 0 N–H and O–H groups in total. The summed E-state index contributed by atoms with van der Waals surface area (Å²) in [6.45, 7) is 0. The van der Waals surface area contributed by atoms with Crippen LogP contribution in [0, 0.1) is 113 Å². The molecule has 0 saturated heterocycles. The Labute approximate surface area is 331 Å². The van der Waals surface area contributed by atoms with Crippen LogP contribution in [0.1, 0.15) is 77.9 Å². The van der Waals surface area contributed by atoms with Gasteiger partial charge in [0.15, 0.2) is 0 Å². The van der Waals surface area contributed by atoms with Crippen molar-refractivity contribution in [3.8, 4) is 60.7 Å². The molecule has 0 unspecified atom stereocenters. The van der Waals surface area contributed by atoms with Gasteiger partial charge in [0.25, 0.3) is 0 Å². The molecular weight excluding hydrogens is 717 g/mol. The normalized spacial score (nSPS) is 13.6. The van der Waals surface area contributed by atoms with Crippen molar-refractivity contribution in [3.63, 3.8) is 0 Å². The highest BCUT2D eigenvalue weighted by molar-refractivity contribution is 6.36. The van der Waals surface area contributed by atoms with Gasteiger partial charge >= 0.3 is 0 Å².